The molecule has 0 aliphatic carbocycles. The molecule has 0 aliphatic rings. The van der Waals surface area contributed by atoms with Gasteiger partial charge in [-0.1, -0.05) is 36.8 Å². The highest BCUT2D eigenvalue weighted by atomic mass is 32.1. The molecule has 1 amide bonds. The van der Waals surface area contributed by atoms with Crippen LogP contribution in [0.1, 0.15) is 35.7 Å². The molecule has 160 valence electrons. The molecule has 0 atom stereocenters. The molecule has 0 aliphatic heterocycles. The van der Waals surface area contributed by atoms with Crippen LogP contribution in [0.5, 0.6) is 0 Å². The van der Waals surface area contributed by atoms with Gasteiger partial charge in [-0.2, -0.15) is 13.2 Å². The Balaban J connectivity index is 1.65. The second-order valence-electron chi connectivity index (χ2n) is 7.02. The van der Waals surface area contributed by atoms with Crippen molar-refractivity contribution in [1.82, 2.24) is 15.2 Å². The lowest BCUT2D eigenvalue weighted by molar-refractivity contribution is -0.137. The first-order valence-corrected chi connectivity index (χ1v) is 10.6. The van der Waals surface area contributed by atoms with Crippen molar-refractivity contribution in [2.24, 2.45) is 0 Å². The monoisotopic (exact) mass is 444 g/mol. The molecule has 4 rings (SSSR count). The number of fused-ring (bicyclic) bond motifs is 1. The average Bonchev–Trinajstić information content (AvgIpc) is 3.43. The molecule has 1 N–H and O–H groups in total. The van der Waals surface area contributed by atoms with Gasteiger partial charge < -0.3 is 4.98 Å². The minimum absolute atomic E-state index is 0.175. The Morgan fingerprint density at radius 3 is 2.58 bits per heavy atom. The van der Waals surface area contributed by atoms with Crippen LogP contribution in [0.2, 0.25) is 0 Å². The molecule has 4 aromatic rings. The van der Waals surface area contributed by atoms with Crippen LogP contribution in [0.25, 0.3) is 21.5 Å². The van der Waals surface area contributed by atoms with Crippen molar-refractivity contribution in [3.63, 3.8) is 0 Å². The lowest BCUT2D eigenvalue weighted by atomic mass is 10.1. The Morgan fingerprint density at radius 2 is 1.87 bits per heavy atom. The molecular formula is C22H19F3N4OS. The second-order valence-corrected chi connectivity index (χ2v) is 7.98. The van der Waals surface area contributed by atoms with Gasteiger partial charge in [0.1, 0.15) is 5.01 Å². The van der Waals surface area contributed by atoms with Crippen LogP contribution >= 0.6 is 11.3 Å². The van der Waals surface area contributed by atoms with Gasteiger partial charge in [0.2, 0.25) is 5.13 Å². The van der Waals surface area contributed by atoms with Gasteiger partial charge in [-0.15, -0.1) is 10.2 Å². The van der Waals surface area contributed by atoms with Crippen molar-refractivity contribution in [2.75, 3.05) is 11.4 Å². The Hall–Kier alpha value is -3.20. The van der Waals surface area contributed by atoms with Crippen molar-refractivity contribution >= 4 is 33.3 Å². The Labute approximate surface area is 180 Å². The summed E-state index contributed by atoms with van der Waals surface area (Å²) in [4.78, 5) is 17.8. The first kappa shape index (κ1) is 21.0. The average molecular weight is 444 g/mol. The predicted octanol–water partition coefficient (Wildman–Crippen LogP) is 6.15. The normalized spacial score (nSPS) is 11.7. The molecule has 0 radical (unpaired) electrons. The first-order valence-electron chi connectivity index (χ1n) is 9.77. The fourth-order valence-electron chi connectivity index (χ4n) is 3.26. The van der Waals surface area contributed by atoms with Crippen molar-refractivity contribution in [3.05, 3.63) is 65.9 Å². The molecule has 2 aromatic heterocycles. The Kier molecular flexibility index (Phi) is 5.77. The predicted molar refractivity (Wildman–Crippen MR) is 115 cm³/mol. The van der Waals surface area contributed by atoms with E-state index >= 15 is 0 Å². The summed E-state index contributed by atoms with van der Waals surface area (Å²) in [5.74, 6) is -0.398. The molecule has 5 nitrogen and oxygen atoms in total. The maximum Gasteiger partial charge on any atom is 0.416 e. The standard InChI is InChI=1S/C22H19F3N4OS/c1-2-3-13-29(20(30)14-7-9-15(10-8-14)22(23,24)25)21-28-27-19(31-21)17-5-4-6-18-16(17)11-12-26-18/h4-12,26H,2-3,13H2,1H3. The number of amides is 1. The van der Waals surface area contributed by atoms with Crippen LogP contribution in [0.15, 0.2) is 54.7 Å². The van der Waals surface area contributed by atoms with Gasteiger partial charge in [0.25, 0.3) is 5.91 Å². The number of hydrogen-bond donors (Lipinski definition) is 1. The fourth-order valence-corrected chi connectivity index (χ4v) is 4.17. The van der Waals surface area contributed by atoms with E-state index in [2.05, 4.69) is 15.2 Å². The summed E-state index contributed by atoms with van der Waals surface area (Å²) in [5, 5.41) is 10.6. The van der Waals surface area contributed by atoms with Crippen LogP contribution in [0, 0.1) is 0 Å². The summed E-state index contributed by atoms with van der Waals surface area (Å²) < 4.78 is 38.5. The highest BCUT2D eigenvalue weighted by Gasteiger charge is 2.31. The fraction of sp³-hybridized carbons (Fsp3) is 0.227. The molecule has 2 aromatic carbocycles. The molecule has 0 bridgehead atoms. The topological polar surface area (TPSA) is 61.9 Å². The quantitative estimate of drug-likeness (QED) is 0.388. The number of anilines is 1. The van der Waals surface area contributed by atoms with Crippen LogP contribution in [-0.2, 0) is 6.18 Å². The van der Waals surface area contributed by atoms with E-state index in [1.807, 2.05) is 37.4 Å². The van der Waals surface area contributed by atoms with Gasteiger partial charge in [-0.3, -0.25) is 9.69 Å². The maximum atomic E-state index is 13.1. The number of nitrogens with one attached hydrogen (secondary N) is 1. The smallest absolute Gasteiger partial charge is 0.361 e. The van der Waals surface area contributed by atoms with E-state index in [4.69, 9.17) is 0 Å². The van der Waals surface area contributed by atoms with Gasteiger partial charge in [-0.05, 0) is 42.8 Å². The Bertz CT molecular complexity index is 1200. The molecule has 9 heteroatoms. The number of aromatic amines is 1. The van der Waals surface area contributed by atoms with Crippen molar-refractivity contribution < 1.29 is 18.0 Å². The number of halogens is 3. The van der Waals surface area contributed by atoms with E-state index in [1.165, 1.54) is 28.4 Å². The van der Waals surface area contributed by atoms with Gasteiger partial charge in [0.15, 0.2) is 0 Å². The lowest BCUT2D eigenvalue weighted by Gasteiger charge is -2.19. The zero-order valence-electron chi connectivity index (χ0n) is 16.6. The highest BCUT2D eigenvalue weighted by Crippen LogP contribution is 2.34. The zero-order chi connectivity index (χ0) is 22.0. The third-order valence-corrected chi connectivity index (χ3v) is 5.89. The SMILES string of the molecule is CCCCN(C(=O)c1ccc(C(F)(F)F)cc1)c1nnc(-c2cccc3[nH]ccc23)s1. The van der Waals surface area contributed by atoms with E-state index in [0.29, 0.717) is 16.7 Å². The van der Waals surface area contributed by atoms with E-state index < -0.39 is 17.6 Å². The molecular weight excluding hydrogens is 425 g/mol. The minimum atomic E-state index is -4.45. The van der Waals surface area contributed by atoms with Crippen LogP contribution < -0.4 is 4.90 Å². The first-order chi connectivity index (χ1) is 14.9. The summed E-state index contributed by atoms with van der Waals surface area (Å²) in [6.07, 6.45) is -1.02. The molecule has 31 heavy (non-hydrogen) atoms. The number of alkyl halides is 3. The van der Waals surface area contributed by atoms with E-state index in [0.717, 1.165) is 41.4 Å². The molecule has 2 heterocycles. The molecule has 0 spiro atoms. The van der Waals surface area contributed by atoms with Crippen molar-refractivity contribution in [3.8, 4) is 10.6 Å². The van der Waals surface area contributed by atoms with Gasteiger partial charge in [0, 0.05) is 34.8 Å². The third kappa shape index (κ3) is 4.32. The number of benzene rings is 2. The highest BCUT2D eigenvalue weighted by molar-refractivity contribution is 7.18. The molecule has 0 fully saturated rings. The van der Waals surface area contributed by atoms with Crippen molar-refractivity contribution in [2.45, 2.75) is 25.9 Å². The van der Waals surface area contributed by atoms with Gasteiger partial charge >= 0.3 is 6.18 Å². The number of aromatic nitrogens is 3. The summed E-state index contributed by atoms with van der Waals surface area (Å²) in [5.41, 5.74) is 1.26. The number of carbonyl (C=O) groups is 1. The second kappa shape index (κ2) is 8.50. The molecule has 0 saturated carbocycles. The number of nitrogens with zero attached hydrogens (tertiary/aromatic N) is 3. The number of H-pyrrole nitrogens is 1. The van der Waals surface area contributed by atoms with E-state index in [1.54, 1.807) is 0 Å². The summed E-state index contributed by atoms with van der Waals surface area (Å²) in [6.45, 7) is 2.40. The van der Waals surface area contributed by atoms with Crippen molar-refractivity contribution in [1.29, 1.82) is 0 Å². The number of unbranched alkanes of at least 4 members (excludes halogenated alkanes) is 1. The molecule has 0 unspecified atom stereocenters. The number of hydrogen-bond acceptors (Lipinski definition) is 4. The van der Waals surface area contributed by atoms with Crippen LogP contribution in [-0.4, -0.2) is 27.6 Å². The third-order valence-electron chi connectivity index (χ3n) is 4.91. The van der Waals surface area contributed by atoms with Crippen LogP contribution in [0.4, 0.5) is 18.3 Å². The summed E-state index contributed by atoms with van der Waals surface area (Å²) >= 11 is 1.28. The van der Waals surface area contributed by atoms with Gasteiger partial charge in [-0.25, -0.2) is 0 Å². The number of carbonyl (C=O) groups excluding carboxylic acids is 1. The lowest BCUT2D eigenvalue weighted by Crippen LogP contribution is -2.32. The zero-order valence-corrected chi connectivity index (χ0v) is 17.4. The van der Waals surface area contributed by atoms with Gasteiger partial charge in [0.05, 0.1) is 5.56 Å². The Morgan fingerprint density at radius 1 is 1.10 bits per heavy atom. The van der Waals surface area contributed by atoms with E-state index in [9.17, 15) is 18.0 Å². The molecule has 0 saturated heterocycles. The van der Waals surface area contributed by atoms with E-state index in [-0.39, 0.29) is 5.56 Å². The summed E-state index contributed by atoms with van der Waals surface area (Å²) in [6, 6.07) is 12.0. The number of rotatable bonds is 6. The minimum Gasteiger partial charge on any atom is -0.361 e. The van der Waals surface area contributed by atoms with Crippen LogP contribution in [0.3, 0.4) is 0 Å². The maximum absolute atomic E-state index is 13.1. The summed E-state index contributed by atoms with van der Waals surface area (Å²) in [7, 11) is 0. The largest absolute Gasteiger partial charge is 0.416 e.